The number of nitrogens with one attached hydrogen (secondary N) is 2. The van der Waals surface area contributed by atoms with E-state index in [0.29, 0.717) is 13.1 Å². The van der Waals surface area contributed by atoms with Gasteiger partial charge in [-0.05, 0) is 26.8 Å². The molecule has 1 aromatic heterocycles. The fourth-order valence-electron chi connectivity index (χ4n) is 1.50. The fraction of sp³-hybridized carbons (Fsp3) is 0.800. The molecule has 0 saturated carbocycles. The second-order valence-corrected chi connectivity index (χ2v) is 6.24. The van der Waals surface area contributed by atoms with Gasteiger partial charge in [-0.1, -0.05) is 0 Å². The Bertz CT molecular complexity index is 455. The van der Waals surface area contributed by atoms with Gasteiger partial charge in [-0.3, -0.25) is 0 Å². The molecule has 2 N–H and O–H groups in total. The summed E-state index contributed by atoms with van der Waals surface area (Å²) >= 11 is 0. The summed E-state index contributed by atoms with van der Waals surface area (Å²) in [5, 5.41) is 7.35. The van der Waals surface area contributed by atoms with Crippen LogP contribution in [0.4, 0.5) is 0 Å². The molecule has 0 radical (unpaired) electrons. The summed E-state index contributed by atoms with van der Waals surface area (Å²) in [7, 11) is -3.08. The van der Waals surface area contributed by atoms with Gasteiger partial charge in [-0.15, -0.1) is 0 Å². The maximum Gasteiger partial charge on any atom is 0.208 e. The lowest BCUT2D eigenvalue weighted by atomic mass is 10.4. The van der Waals surface area contributed by atoms with Crippen molar-refractivity contribution in [1.82, 2.24) is 24.8 Å². The van der Waals surface area contributed by atoms with E-state index in [4.69, 9.17) is 0 Å². The van der Waals surface area contributed by atoms with Crippen molar-refractivity contribution >= 4 is 10.0 Å². The van der Waals surface area contributed by atoms with Gasteiger partial charge < -0.3 is 5.32 Å². The topological polar surface area (TPSA) is 88.9 Å². The van der Waals surface area contributed by atoms with E-state index in [1.54, 1.807) is 6.33 Å². The summed E-state index contributed by atoms with van der Waals surface area (Å²) in [4.78, 5) is 4.17. The summed E-state index contributed by atoms with van der Waals surface area (Å²) in [5.74, 6) is 0.890. The van der Waals surface area contributed by atoms with Gasteiger partial charge in [0.2, 0.25) is 10.0 Å². The number of hydrogen-bond donors (Lipinski definition) is 2. The molecule has 0 saturated heterocycles. The van der Waals surface area contributed by atoms with E-state index >= 15 is 0 Å². The van der Waals surface area contributed by atoms with E-state index in [9.17, 15) is 8.42 Å². The zero-order valence-electron chi connectivity index (χ0n) is 11.0. The second kappa shape index (κ2) is 6.81. The molecule has 0 spiro atoms. The molecule has 0 aliphatic heterocycles. The highest BCUT2D eigenvalue weighted by atomic mass is 32.2. The summed E-state index contributed by atoms with van der Waals surface area (Å²) < 4.78 is 25.9. The summed E-state index contributed by atoms with van der Waals surface area (Å²) in [6.45, 7) is 5.91. The van der Waals surface area contributed by atoms with Crippen LogP contribution in [0.3, 0.4) is 0 Å². The number of hydrogen-bond acceptors (Lipinski definition) is 5. The van der Waals surface area contributed by atoms with Crippen molar-refractivity contribution in [1.29, 1.82) is 0 Å². The van der Waals surface area contributed by atoms with Crippen LogP contribution in [0.2, 0.25) is 0 Å². The Kier molecular flexibility index (Phi) is 5.70. The number of sulfonamides is 1. The molecule has 104 valence electrons. The van der Waals surface area contributed by atoms with Crippen LogP contribution >= 0.6 is 0 Å². The first-order chi connectivity index (χ1) is 8.40. The maximum absolute atomic E-state index is 10.8. The van der Waals surface area contributed by atoms with Crippen LogP contribution in [0.15, 0.2) is 6.33 Å². The molecule has 0 unspecified atom stereocenters. The Hall–Kier alpha value is -0.990. The fourth-order valence-corrected chi connectivity index (χ4v) is 2.02. The van der Waals surface area contributed by atoms with E-state index in [1.165, 1.54) is 0 Å². The first kappa shape index (κ1) is 15.1. The molecule has 1 heterocycles. The molecule has 0 bridgehead atoms. The molecule has 0 atom stereocenters. The molecule has 0 aromatic carbocycles. The highest BCUT2D eigenvalue weighted by Gasteiger charge is 2.06. The zero-order valence-corrected chi connectivity index (χ0v) is 11.9. The number of aromatic nitrogens is 3. The quantitative estimate of drug-likeness (QED) is 0.646. The van der Waals surface area contributed by atoms with Crippen molar-refractivity contribution in [2.75, 3.05) is 19.3 Å². The van der Waals surface area contributed by atoms with Gasteiger partial charge in [-0.2, -0.15) is 5.10 Å². The monoisotopic (exact) mass is 275 g/mol. The van der Waals surface area contributed by atoms with Crippen LogP contribution in [0.25, 0.3) is 0 Å². The zero-order chi connectivity index (χ0) is 13.6. The normalized spacial score (nSPS) is 12.2. The minimum atomic E-state index is -3.08. The van der Waals surface area contributed by atoms with Gasteiger partial charge >= 0.3 is 0 Å². The largest absolute Gasteiger partial charge is 0.310 e. The molecule has 0 amide bonds. The molecule has 0 aliphatic carbocycles. The smallest absolute Gasteiger partial charge is 0.208 e. The van der Waals surface area contributed by atoms with Gasteiger partial charge in [-0.25, -0.2) is 22.8 Å². The Morgan fingerprint density at radius 2 is 2.11 bits per heavy atom. The minimum absolute atomic E-state index is 0.288. The Balaban J connectivity index is 2.20. The van der Waals surface area contributed by atoms with E-state index in [0.717, 1.165) is 25.0 Å². The molecular formula is C10H21N5O2S. The van der Waals surface area contributed by atoms with Crippen molar-refractivity contribution in [3.05, 3.63) is 12.2 Å². The Labute approximate surface area is 108 Å². The Morgan fingerprint density at radius 1 is 1.39 bits per heavy atom. The second-order valence-electron chi connectivity index (χ2n) is 4.41. The molecule has 1 rings (SSSR count). The average molecular weight is 275 g/mol. The lowest BCUT2D eigenvalue weighted by Gasteiger charge is -2.10. The van der Waals surface area contributed by atoms with E-state index in [1.807, 2.05) is 18.5 Å². The summed E-state index contributed by atoms with van der Waals surface area (Å²) in [6, 6.07) is 0.288. The van der Waals surface area contributed by atoms with Crippen molar-refractivity contribution in [3.63, 3.8) is 0 Å². The highest BCUT2D eigenvalue weighted by molar-refractivity contribution is 7.88. The molecule has 1 aromatic rings. The van der Waals surface area contributed by atoms with Crippen molar-refractivity contribution in [3.8, 4) is 0 Å². The third kappa shape index (κ3) is 5.56. The van der Waals surface area contributed by atoms with Gasteiger partial charge in [0.25, 0.3) is 0 Å². The molecule has 18 heavy (non-hydrogen) atoms. The van der Waals surface area contributed by atoms with Crippen LogP contribution in [0.5, 0.6) is 0 Å². The van der Waals surface area contributed by atoms with Crippen LogP contribution < -0.4 is 10.0 Å². The summed E-state index contributed by atoms with van der Waals surface area (Å²) in [6.07, 6.45) is 3.44. The van der Waals surface area contributed by atoms with Crippen molar-refractivity contribution in [2.24, 2.45) is 0 Å². The lowest BCUT2D eigenvalue weighted by molar-refractivity contribution is 0.488. The lowest BCUT2D eigenvalue weighted by Crippen LogP contribution is -2.26. The van der Waals surface area contributed by atoms with Crippen molar-refractivity contribution < 1.29 is 8.42 Å². The minimum Gasteiger partial charge on any atom is -0.310 e. The number of rotatable bonds is 8. The van der Waals surface area contributed by atoms with E-state index in [-0.39, 0.29) is 6.04 Å². The van der Waals surface area contributed by atoms with Crippen LogP contribution in [0, 0.1) is 0 Å². The predicted octanol–water partition coefficient (Wildman–Crippen LogP) is -0.112. The summed E-state index contributed by atoms with van der Waals surface area (Å²) in [5.41, 5.74) is 0. The van der Waals surface area contributed by atoms with E-state index in [2.05, 4.69) is 20.1 Å². The highest BCUT2D eigenvalue weighted by Crippen LogP contribution is 2.04. The van der Waals surface area contributed by atoms with Gasteiger partial charge in [0, 0.05) is 12.6 Å². The first-order valence-corrected chi connectivity index (χ1v) is 7.83. The van der Waals surface area contributed by atoms with Gasteiger partial charge in [0.1, 0.15) is 12.2 Å². The third-order valence-electron chi connectivity index (χ3n) is 2.31. The van der Waals surface area contributed by atoms with Gasteiger partial charge in [0.05, 0.1) is 12.8 Å². The third-order valence-corrected chi connectivity index (χ3v) is 3.04. The molecule has 7 nitrogen and oxygen atoms in total. The number of nitrogens with zero attached hydrogens (tertiary/aromatic N) is 3. The Morgan fingerprint density at radius 3 is 2.72 bits per heavy atom. The van der Waals surface area contributed by atoms with Crippen LogP contribution in [-0.2, 0) is 16.6 Å². The van der Waals surface area contributed by atoms with Gasteiger partial charge in [0.15, 0.2) is 0 Å². The SMILES string of the molecule is CC(C)n1ncnc1CNCCCNS(C)(=O)=O. The average Bonchev–Trinajstić information content (AvgIpc) is 2.69. The standard InChI is InChI=1S/C10H21N5O2S/c1-9(2)15-10(12-8-13-15)7-11-5-4-6-14-18(3,16)17/h8-9,11,14H,4-7H2,1-3H3. The molecule has 0 aliphatic rings. The molecular weight excluding hydrogens is 254 g/mol. The molecule has 0 fully saturated rings. The molecule has 8 heteroatoms. The van der Waals surface area contributed by atoms with Crippen molar-refractivity contribution in [2.45, 2.75) is 32.9 Å². The van der Waals surface area contributed by atoms with Crippen LogP contribution in [-0.4, -0.2) is 42.5 Å². The predicted molar refractivity (Wildman–Crippen MR) is 69.6 cm³/mol. The van der Waals surface area contributed by atoms with E-state index < -0.39 is 10.0 Å². The first-order valence-electron chi connectivity index (χ1n) is 5.94. The van der Waals surface area contributed by atoms with Crippen LogP contribution in [0.1, 0.15) is 32.1 Å². The maximum atomic E-state index is 10.8.